The average molecular weight is 547 g/mol. The summed E-state index contributed by atoms with van der Waals surface area (Å²) in [7, 11) is 0. The lowest BCUT2D eigenvalue weighted by atomic mass is 10.0. The van der Waals surface area contributed by atoms with Gasteiger partial charge < -0.3 is 19.1 Å². The molecule has 0 aliphatic carbocycles. The van der Waals surface area contributed by atoms with Crippen molar-refractivity contribution < 1.29 is 28.2 Å². The van der Waals surface area contributed by atoms with Crippen LogP contribution in [0.15, 0.2) is 60.7 Å². The number of rotatable bonds is 9. The number of carboxylic acids is 1. The minimum Gasteiger partial charge on any atom is -0.478 e. The molecule has 2 aliphatic rings. The SMILES string of the molecule is O=C(O)c1ccc2nc(CN3CC=C(c4cccc(OCc5ccc(F)cc5F)n4)CC3)n(C[C@@H]3CCO3)c2c1. The van der Waals surface area contributed by atoms with E-state index in [-0.39, 0.29) is 23.8 Å². The van der Waals surface area contributed by atoms with E-state index in [4.69, 9.17) is 14.5 Å². The summed E-state index contributed by atoms with van der Waals surface area (Å²) in [5, 5.41) is 9.47. The number of pyridine rings is 1. The first-order valence-corrected chi connectivity index (χ1v) is 13.2. The molecule has 0 saturated carbocycles. The predicted molar refractivity (Wildman–Crippen MR) is 144 cm³/mol. The highest BCUT2D eigenvalue weighted by atomic mass is 19.1. The van der Waals surface area contributed by atoms with Crippen LogP contribution < -0.4 is 4.74 Å². The monoisotopic (exact) mass is 546 g/mol. The van der Waals surface area contributed by atoms with E-state index in [1.165, 1.54) is 12.1 Å². The summed E-state index contributed by atoms with van der Waals surface area (Å²) >= 11 is 0. The average Bonchev–Trinajstić information content (AvgIpc) is 3.26. The molecule has 0 unspecified atom stereocenters. The molecule has 206 valence electrons. The molecule has 6 rings (SSSR count). The van der Waals surface area contributed by atoms with Gasteiger partial charge in [0.1, 0.15) is 24.1 Å². The second-order valence-electron chi connectivity index (χ2n) is 10.0. The third-order valence-corrected chi connectivity index (χ3v) is 7.36. The minimum atomic E-state index is -0.963. The van der Waals surface area contributed by atoms with Gasteiger partial charge in [0, 0.05) is 37.4 Å². The van der Waals surface area contributed by atoms with Crippen molar-refractivity contribution in [3.05, 3.63) is 95.0 Å². The third-order valence-electron chi connectivity index (χ3n) is 7.36. The molecule has 10 heteroatoms. The predicted octanol–water partition coefficient (Wildman–Crippen LogP) is 5.06. The molecular weight excluding hydrogens is 518 g/mol. The van der Waals surface area contributed by atoms with E-state index < -0.39 is 17.6 Å². The molecule has 2 aromatic carbocycles. The lowest BCUT2D eigenvalue weighted by Crippen LogP contribution is -2.33. The molecule has 4 aromatic rings. The number of fused-ring (bicyclic) bond motifs is 1. The zero-order chi connectivity index (χ0) is 27.6. The van der Waals surface area contributed by atoms with Gasteiger partial charge in [-0.2, -0.15) is 0 Å². The first kappa shape index (κ1) is 26.1. The number of aromatic nitrogens is 3. The maximum Gasteiger partial charge on any atom is 0.335 e. The molecule has 2 aliphatic heterocycles. The Hall–Kier alpha value is -4.15. The van der Waals surface area contributed by atoms with Crippen molar-refractivity contribution in [2.75, 3.05) is 19.7 Å². The van der Waals surface area contributed by atoms with Gasteiger partial charge in [0.15, 0.2) is 0 Å². The van der Waals surface area contributed by atoms with Crippen molar-refractivity contribution in [1.82, 2.24) is 19.4 Å². The van der Waals surface area contributed by atoms with Gasteiger partial charge in [0.25, 0.3) is 0 Å². The van der Waals surface area contributed by atoms with Gasteiger partial charge in [-0.15, -0.1) is 0 Å². The molecule has 1 fully saturated rings. The lowest BCUT2D eigenvalue weighted by Gasteiger charge is -2.29. The molecule has 1 saturated heterocycles. The summed E-state index contributed by atoms with van der Waals surface area (Å²) in [4.78, 5) is 23.3. The van der Waals surface area contributed by atoms with E-state index >= 15 is 0 Å². The van der Waals surface area contributed by atoms with E-state index in [0.29, 0.717) is 25.5 Å². The van der Waals surface area contributed by atoms with Crippen LogP contribution in [-0.2, 0) is 24.4 Å². The third kappa shape index (κ3) is 5.59. The molecule has 0 amide bonds. The molecule has 1 atom stereocenters. The number of hydrogen-bond acceptors (Lipinski definition) is 6. The molecule has 1 N–H and O–H groups in total. The van der Waals surface area contributed by atoms with Crippen molar-refractivity contribution in [2.24, 2.45) is 0 Å². The van der Waals surface area contributed by atoms with Crippen LogP contribution in [-0.4, -0.2) is 56.3 Å². The first-order valence-electron chi connectivity index (χ1n) is 13.2. The molecule has 40 heavy (non-hydrogen) atoms. The van der Waals surface area contributed by atoms with Gasteiger partial charge in [-0.3, -0.25) is 4.90 Å². The second kappa shape index (κ2) is 11.1. The molecule has 0 spiro atoms. The highest BCUT2D eigenvalue weighted by Crippen LogP contribution is 2.26. The smallest absolute Gasteiger partial charge is 0.335 e. The number of aromatic carboxylic acids is 1. The highest BCUT2D eigenvalue weighted by Gasteiger charge is 2.24. The Kier molecular flexibility index (Phi) is 7.27. The number of hydrogen-bond donors (Lipinski definition) is 1. The van der Waals surface area contributed by atoms with E-state index in [1.807, 2.05) is 12.1 Å². The van der Waals surface area contributed by atoms with Gasteiger partial charge in [-0.25, -0.2) is 23.5 Å². The maximum absolute atomic E-state index is 13.9. The first-order chi connectivity index (χ1) is 19.4. The minimum absolute atomic E-state index is 0.0454. The van der Waals surface area contributed by atoms with Crippen molar-refractivity contribution in [3.63, 3.8) is 0 Å². The summed E-state index contributed by atoms with van der Waals surface area (Å²) in [5.74, 6) is -0.988. The quantitative estimate of drug-likeness (QED) is 0.314. The summed E-state index contributed by atoms with van der Waals surface area (Å²) in [6.07, 6.45) is 4.00. The molecule has 4 heterocycles. The fourth-order valence-electron chi connectivity index (χ4n) is 5.01. The van der Waals surface area contributed by atoms with Crippen molar-refractivity contribution >= 4 is 22.6 Å². The fourth-order valence-corrected chi connectivity index (χ4v) is 5.01. The van der Waals surface area contributed by atoms with Crippen LogP contribution in [0.4, 0.5) is 8.78 Å². The number of carboxylic acid groups (broad SMARTS) is 1. The summed E-state index contributed by atoms with van der Waals surface area (Å²) in [6.45, 7) is 3.46. The number of carbonyl (C=O) groups is 1. The zero-order valence-corrected chi connectivity index (χ0v) is 21.7. The second-order valence-corrected chi connectivity index (χ2v) is 10.0. The van der Waals surface area contributed by atoms with Crippen LogP contribution in [0.25, 0.3) is 16.6 Å². The van der Waals surface area contributed by atoms with E-state index in [9.17, 15) is 18.7 Å². The normalized spacial score (nSPS) is 17.4. The number of halogens is 2. The fraction of sp³-hybridized carbons (Fsp3) is 0.300. The number of imidazole rings is 1. The Bertz CT molecular complexity index is 1600. The van der Waals surface area contributed by atoms with Crippen LogP contribution in [0, 0.1) is 11.6 Å². The van der Waals surface area contributed by atoms with Crippen molar-refractivity contribution in [2.45, 2.75) is 38.6 Å². The number of benzene rings is 2. The van der Waals surface area contributed by atoms with E-state index in [0.717, 1.165) is 60.2 Å². The Morgan fingerprint density at radius 3 is 2.73 bits per heavy atom. The molecule has 8 nitrogen and oxygen atoms in total. The van der Waals surface area contributed by atoms with Crippen LogP contribution in [0.2, 0.25) is 0 Å². The molecule has 2 aromatic heterocycles. The van der Waals surface area contributed by atoms with Crippen LogP contribution in [0.5, 0.6) is 5.88 Å². The van der Waals surface area contributed by atoms with Gasteiger partial charge in [0.05, 0.1) is 41.5 Å². The van der Waals surface area contributed by atoms with Crippen molar-refractivity contribution in [3.8, 4) is 5.88 Å². The summed E-state index contributed by atoms with van der Waals surface area (Å²) in [5.41, 5.74) is 3.97. The molecule has 0 radical (unpaired) electrons. The van der Waals surface area contributed by atoms with Crippen LogP contribution in [0.1, 0.15) is 40.3 Å². The van der Waals surface area contributed by atoms with Crippen LogP contribution in [0.3, 0.4) is 0 Å². The Morgan fingerprint density at radius 2 is 2.00 bits per heavy atom. The molecular formula is C30H28F2N4O4. The van der Waals surface area contributed by atoms with Gasteiger partial charge in [-0.1, -0.05) is 12.1 Å². The van der Waals surface area contributed by atoms with Gasteiger partial charge in [-0.05, 0) is 54.8 Å². The maximum atomic E-state index is 13.9. The number of nitrogens with zero attached hydrogens (tertiary/aromatic N) is 4. The zero-order valence-electron chi connectivity index (χ0n) is 21.7. The van der Waals surface area contributed by atoms with E-state index in [1.54, 1.807) is 24.3 Å². The number of ether oxygens (including phenoxy) is 2. The standard InChI is InChI=1S/C30H28F2N4O4/c31-22-6-4-21(24(32)15-22)18-40-29-3-1-2-25(34-29)19-8-11-35(12-9-19)17-28-33-26-7-5-20(30(37)38)14-27(26)36(28)16-23-10-13-39-23/h1-8,14-15,23H,9-13,16-18H2,(H,37,38)/t23-/m0/s1. The topological polar surface area (TPSA) is 89.7 Å². The lowest BCUT2D eigenvalue weighted by molar-refractivity contribution is -0.0591. The Balaban J connectivity index is 1.15. The Morgan fingerprint density at radius 1 is 1.12 bits per heavy atom. The largest absolute Gasteiger partial charge is 0.478 e. The Labute approximate surface area is 229 Å². The highest BCUT2D eigenvalue weighted by molar-refractivity contribution is 5.92. The summed E-state index contributed by atoms with van der Waals surface area (Å²) in [6, 6.07) is 13.9. The summed E-state index contributed by atoms with van der Waals surface area (Å²) < 4.78 is 40.6. The van der Waals surface area contributed by atoms with Crippen LogP contribution >= 0.6 is 0 Å². The molecule has 0 bridgehead atoms. The van der Waals surface area contributed by atoms with Gasteiger partial charge >= 0.3 is 5.97 Å². The van der Waals surface area contributed by atoms with Gasteiger partial charge in [0.2, 0.25) is 5.88 Å². The van der Waals surface area contributed by atoms with Crippen molar-refractivity contribution in [1.29, 1.82) is 0 Å². The van der Waals surface area contributed by atoms with E-state index in [2.05, 4.69) is 20.5 Å².